The number of hydrogen-bond donors (Lipinski definition) is 3. The summed E-state index contributed by atoms with van der Waals surface area (Å²) in [7, 11) is 0. The molecule has 2 aromatic rings. The second-order valence-electron chi connectivity index (χ2n) is 5.32. The first-order chi connectivity index (χ1) is 12.2. The van der Waals surface area contributed by atoms with Crippen LogP contribution in [0.2, 0.25) is 0 Å². The fourth-order valence-electron chi connectivity index (χ4n) is 2.07. The molecule has 2 heterocycles. The highest BCUT2D eigenvalue weighted by Crippen LogP contribution is 2.19. The largest absolute Gasteiger partial charge is 0.403 e. The van der Waals surface area contributed by atoms with Gasteiger partial charge in [0.15, 0.2) is 5.65 Å². The van der Waals surface area contributed by atoms with Crippen LogP contribution in [-0.4, -0.2) is 38.2 Å². The average molecular weight is 369 g/mol. The van der Waals surface area contributed by atoms with Gasteiger partial charge in [-0.15, -0.1) is 0 Å². The van der Waals surface area contributed by atoms with Crippen LogP contribution in [0.25, 0.3) is 11.7 Å². The van der Waals surface area contributed by atoms with E-state index in [0.29, 0.717) is 16.4 Å². The number of rotatable bonds is 7. The monoisotopic (exact) mass is 369 g/mol. The summed E-state index contributed by atoms with van der Waals surface area (Å²) in [5.41, 5.74) is 6.89. The van der Waals surface area contributed by atoms with Crippen molar-refractivity contribution in [2.75, 3.05) is 6.54 Å². The third-order valence-electron chi connectivity index (χ3n) is 3.39. The summed E-state index contributed by atoms with van der Waals surface area (Å²) < 4.78 is 38.3. The number of alkyl halides is 3. The third-order valence-corrected chi connectivity index (χ3v) is 3.39. The Morgan fingerprint density at radius 3 is 2.81 bits per heavy atom. The molecule has 0 aliphatic rings. The van der Waals surface area contributed by atoms with Crippen molar-refractivity contribution in [2.24, 2.45) is 11.6 Å². The van der Waals surface area contributed by atoms with Crippen LogP contribution in [0.15, 0.2) is 36.9 Å². The van der Waals surface area contributed by atoms with Gasteiger partial charge >= 0.3 is 6.18 Å². The fourth-order valence-corrected chi connectivity index (χ4v) is 2.07. The number of nitrogens with one attached hydrogen (secondary N) is 1. The van der Waals surface area contributed by atoms with Crippen LogP contribution < -0.4 is 16.9 Å². The molecule has 0 spiro atoms. The summed E-state index contributed by atoms with van der Waals surface area (Å²) in [4.78, 5) is 16.4. The second kappa shape index (κ2) is 7.87. The van der Waals surface area contributed by atoms with Crippen LogP contribution in [0.4, 0.5) is 13.2 Å². The summed E-state index contributed by atoms with van der Waals surface area (Å²) in [5.74, 6) is 4.77. The van der Waals surface area contributed by atoms with Crippen LogP contribution in [0.5, 0.6) is 0 Å². The summed E-state index contributed by atoms with van der Waals surface area (Å²) in [6.45, 7) is 3.07. The Morgan fingerprint density at radius 2 is 2.19 bits per heavy atom. The Bertz CT molecular complexity index is 828. The number of aromatic nitrogens is 3. The van der Waals surface area contributed by atoms with E-state index >= 15 is 0 Å². The van der Waals surface area contributed by atoms with Crippen molar-refractivity contribution in [3.8, 4) is 0 Å². The maximum Gasteiger partial charge on any atom is 0.390 e. The molecule has 0 atom stereocenters. The number of carbonyl (C=O) groups excluding carboxylic acids is 1. The van der Waals surface area contributed by atoms with Gasteiger partial charge in [0.2, 0.25) is 0 Å². The third kappa shape index (κ3) is 4.96. The van der Waals surface area contributed by atoms with E-state index in [1.165, 1.54) is 4.52 Å². The van der Waals surface area contributed by atoms with E-state index in [4.69, 9.17) is 11.6 Å². The van der Waals surface area contributed by atoms with Gasteiger partial charge in [0.05, 0.1) is 31.1 Å². The van der Waals surface area contributed by atoms with Crippen LogP contribution in [-0.2, 0) is 11.3 Å². The van der Waals surface area contributed by atoms with E-state index in [1.54, 1.807) is 24.5 Å². The number of hydrogen-bond acceptors (Lipinski definition) is 6. The molecule has 0 fully saturated rings. The molecule has 5 N–H and O–H groups in total. The molecule has 0 saturated heterocycles. The Morgan fingerprint density at radius 1 is 1.46 bits per heavy atom. The predicted octanol–water partition coefficient (Wildman–Crippen LogP) is 0.917. The molecule has 0 radical (unpaired) electrons. The first kappa shape index (κ1) is 19.2. The first-order valence-corrected chi connectivity index (χ1v) is 7.49. The van der Waals surface area contributed by atoms with Crippen LogP contribution in [0.3, 0.4) is 0 Å². The van der Waals surface area contributed by atoms with E-state index in [1.807, 2.05) is 0 Å². The van der Waals surface area contributed by atoms with E-state index < -0.39 is 25.0 Å². The Hall–Kier alpha value is -3.08. The van der Waals surface area contributed by atoms with Crippen molar-refractivity contribution in [2.45, 2.75) is 19.1 Å². The number of nitrogens with two attached hydrogens (primary N) is 2. The van der Waals surface area contributed by atoms with E-state index in [0.717, 1.165) is 11.8 Å². The van der Waals surface area contributed by atoms with Gasteiger partial charge in [-0.05, 0) is 11.6 Å². The number of hydrazine groups is 1. The molecule has 8 nitrogen and oxygen atoms in total. The molecule has 0 aromatic carbocycles. The number of fused-ring (bicyclic) bond motifs is 1. The SMILES string of the molecule is C=Cc1cnn2cc(CNC(=O)/C(=C/N)N(N)CCC(F)(F)F)nc2c1. The van der Waals surface area contributed by atoms with Gasteiger partial charge in [-0.3, -0.25) is 4.79 Å². The van der Waals surface area contributed by atoms with E-state index in [9.17, 15) is 18.0 Å². The topological polar surface area (TPSA) is 115 Å². The zero-order chi connectivity index (χ0) is 19.3. The predicted molar refractivity (Wildman–Crippen MR) is 88.8 cm³/mol. The summed E-state index contributed by atoms with van der Waals surface area (Å²) in [6.07, 6.45) is 0.134. The van der Waals surface area contributed by atoms with Gasteiger partial charge in [0, 0.05) is 12.7 Å². The summed E-state index contributed by atoms with van der Waals surface area (Å²) in [5, 5.41) is 7.29. The lowest BCUT2D eigenvalue weighted by molar-refractivity contribution is -0.138. The molecule has 2 rings (SSSR count). The van der Waals surface area contributed by atoms with E-state index in [2.05, 4.69) is 22.0 Å². The van der Waals surface area contributed by atoms with Crippen LogP contribution in [0, 0.1) is 0 Å². The van der Waals surface area contributed by atoms with Crippen molar-refractivity contribution in [3.05, 3.63) is 48.2 Å². The van der Waals surface area contributed by atoms with E-state index in [-0.39, 0.29) is 12.2 Å². The van der Waals surface area contributed by atoms with Crippen molar-refractivity contribution >= 4 is 17.6 Å². The highest BCUT2D eigenvalue weighted by molar-refractivity contribution is 5.92. The van der Waals surface area contributed by atoms with Gasteiger partial charge in [0.25, 0.3) is 5.91 Å². The van der Waals surface area contributed by atoms with Crippen molar-refractivity contribution in [3.63, 3.8) is 0 Å². The van der Waals surface area contributed by atoms with Gasteiger partial charge in [0.1, 0.15) is 5.70 Å². The second-order valence-corrected chi connectivity index (χ2v) is 5.32. The molecule has 0 bridgehead atoms. The molecule has 2 aromatic heterocycles. The first-order valence-electron chi connectivity index (χ1n) is 7.49. The molecule has 26 heavy (non-hydrogen) atoms. The molecule has 11 heteroatoms. The van der Waals surface area contributed by atoms with Gasteiger partial charge < -0.3 is 16.1 Å². The average Bonchev–Trinajstić information content (AvgIpc) is 3.00. The molecule has 0 saturated carbocycles. The highest BCUT2D eigenvalue weighted by atomic mass is 19.4. The standard InChI is InChI=1S/C15H18F3N7O/c1-2-10-5-13-23-11(9-25(13)22-7-10)8-21-14(26)12(6-19)24(20)4-3-15(16,17)18/h2,5-7,9H,1,3-4,8,19-20H2,(H,21,26)/b12-6-. The van der Waals surface area contributed by atoms with Crippen LogP contribution in [0.1, 0.15) is 17.7 Å². The zero-order valence-corrected chi connectivity index (χ0v) is 13.7. The lowest BCUT2D eigenvalue weighted by atomic mass is 10.3. The number of nitrogens with zero attached hydrogens (tertiary/aromatic N) is 4. The minimum atomic E-state index is -4.39. The lowest BCUT2D eigenvalue weighted by Gasteiger charge is -2.21. The van der Waals surface area contributed by atoms with Crippen molar-refractivity contribution < 1.29 is 18.0 Å². The Labute approximate surface area is 146 Å². The summed E-state index contributed by atoms with van der Waals surface area (Å²) >= 11 is 0. The van der Waals surface area contributed by atoms with Gasteiger partial charge in [-0.1, -0.05) is 12.7 Å². The fraction of sp³-hybridized carbons (Fsp3) is 0.267. The molecule has 1 amide bonds. The number of halogens is 3. The van der Waals surface area contributed by atoms with Gasteiger partial charge in [-0.2, -0.15) is 18.3 Å². The maximum absolute atomic E-state index is 12.3. The van der Waals surface area contributed by atoms with Crippen LogP contribution >= 0.6 is 0 Å². The van der Waals surface area contributed by atoms with Gasteiger partial charge in [-0.25, -0.2) is 15.3 Å². The summed E-state index contributed by atoms with van der Waals surface area (Å²) in [6, 6.07) is 1.76. The lowest BCUT2D eigenvalue weighted by Crippen LogP contribution is -2.41. The molecular formula is C15H18F3N7O. The van der Waals surface area contributed by atoms with Crippen molar-refractivity contribution in [1.82, 2.24) is 24.9 Å². The number of imidazole rings is 1. The smallest absolute Gasteiger partial charge is 0.390 e. The maximum atomic E-state index is 12.3. The Kier molecular flexibility index (Phi) is 5.82. The normalized spacial score (nSPS) is 12.2. The molecule has 0 aliphatic carbocycles. The molecule has 140 valence electrons. The minimum absolute atomic E-state index is 0.0239. The Balaban J connectivity index is 1.99. The van der Waals surface area contributed by atoms with Crippen molar-refractivity contribution in [1.29, 1.82) is 0 Å². The highest BCUT2D eigenvalue weighted by Gasteiger charge is 2.28. The molecule has 0 aliphatic heterocycles. The quantitative estimate of drug-likeness (QED) is 0.380. The number of amides is 1. The minimum Gasteiger partial charge on any atom is -0.403 e. The zero-order valence-electron chi connectivity index (χ0n) is 13.7. The molecule has 0 unspecified atom stereocenters. The number of carbonyl (C=O) groups is 1. The molecular weight excluding hydrogens is 351 g/mol.